The molecular weight excluding hydrogens is 482 g/mol. The second kappa shape index (κ2) is 10.7. The van der Waals surface area contributed by atoms with Crippen LogP contribution in [0.1, 0.15) is 21.5 Å². The van der Waals surface area contributed by atoms with E-state index in [0.717, 1.165) is 21.3 Å². The Morgan fingerprint density at radius 3 is 2.48 bits per heavy atom. The molecule has 33 heavy (non-hydrogen) atoms. The summed E-state index contributed by atoms with van der Waals surface area (Å²) in [5, 5.41) is 4.14. The van der Waals surface area contributed by atoms with Crippen LogP contribution in [0.15, 0.2) is 101 Å². The molecule has 0 atom stereocenters. The number of halogens is 1. The number of aromatic nitrogens is 1. The molecule has 166 valence electrons. The van der Waals surface area contributed by atoms with Crippen molar-refractivity contribution in [2.75, 3.05) is 7.11 Å². The lowest BCUT2D eigenvalue weighted by atomic mass is 10.1. The molecule has 7 heteroatoms. The van der Waals surface area contributed by atoms with Crippen LogP contribution in [-0.4, -0.2) is 23.8 Å². The topological polar surface area (TPSA) is 64.8 Å². The molecule has 0 saturated heterocycles. The Hall–Kier alpha value is -3.84. The van der Waals surface area contributed by atoms with Crippen molar-refractivity contribution in [3.05, 3.63) is 112 Å². The normalized spacial score (nSPS) is 10.8. The zero-order valence-corrected chi connectivity index (χ0v) is 19.5. The third-order valence-electron chi connectivity index (χ3n) is 4.92. The third kappa shape index (κ3) is 5.51. The van der Waals surface area contributed by atoms with E-state index in [0.29, 0.717) is 23.7 Å². The first-order valence-corrected chi connectivity index (χ1v) is 11.0. The Balaban J connectivity index is 1.47. The van der Waals surface area contributed by atoms with Crippen molar-refractivity contribution in [3.8, 4) is 17.2 Å². The van der Waals surface area contributed by atoms with E-state index in [9.17, 15) is 4.79 Å². The van der Waals surface area contributed by atoms with Gasteiger partial charge in [0.05, 0.1) is 24.6 Å². The first-order chi connectivity index (χ1) is 16.2. The molecule has 0 radical (unpaired) electrons. The van der Waals surface area contributed by atoms with Gasteiger partial charge in [0, 0.05) is 22.4 Å². The number of ether oxygens (including phenoxy) is 2. The van der Waals surface area contributed by atoms with E-state index in [1.54, 1.807) is 25.5 Å². The maximum absolute atomic E-state index is 12.7. The number of rotatable bonds is 8. The minimum absolute atomic E-state index is 0.304. The Morgan fingerprint density at radius 1 is 1.00 bits per heavy atom. The molecule has 0 unspecified atom stereocenters. The molecule has 3 aromatic carbocycles. The van der Waals surface area contributed by atoms with Gasteiger partial charge in [-0.25, -0.2) is 5.43 Å². The minimum Gasteiger partial charge on any atom is -0.493 e. The molecule has 4 rings (SSSR count). The van der Waals surface area contributed by atoms with E-state index in [1.807, 2.05) is 83.7 Å². The molecule has 1 heterocycles. The number of hydrogen-bond donors (Lipinski definition) is 1. The van der Waals surface area contributed by atoms with Crippen molar-refractivity contribution < 1.29 is 14.3 Å². The van der Waals surface area contributed by atoms with Gasteiger partial charge >= 0.3 is 0 Å². The fourth-order valence-corrected chi connectivity index (χ4v) is 3.69. The van der Waals surface area contributed by atoms with Crippen LogP contribution in [0.3, 0.4) is 0 Å². The van der Waals surface area contributed by atoms with Gasteiger partial charge in [-0.2, -0.15) is 5.10 Å². The molecular formula is C26H22BrN3O3. The van der Waals surface area contributed by atoms with E-state index in [2.05, 4.69) is 26.5 Å². The van der Waals surface area contributed by atoms with Gasteiger partial charge < -0.3 is 14.0 Å². The number of hydrogen-bond acceptors (Lipinski definition) is 4. The number of carbonyl (C=O) groups is 1. The molecule has 0 spiro atoms. The van der Waals surface area contributed by atoms with Gasteiger partial charge in [-0.15, -0.1) is 0 Å². The molecule has 0 aliphatic carbocycles. The van der Waals surface area contributed by atoms with Gasteiger partial charge in [-0.05, 0) is 57.9 Å². The zero-order valence-electron chi connectivity index (χ0n) is 17.9. The van der Waals surface area contributed by atoms with Crippen LogP contribution in [0.4, 0.5) is 0 Å². The van der Waals surface area contributed by atoms with Gasteiger partial charge in [-0.1, -0.05) is 42.5 Å². The van der Waals surface area contributed by atoms with Crippen LogP contribution in [0.2, 0.25) is 0 Å². The fraction of sp³-hybridized carbons (Fsp3) is 0.0769. The molecule has 0 fully saturated rings. The van der Waals surface area contributed by atoms with E-state index in [-0.39, 0.29) is 5.91 Å². The fourth-order valence-electron chi connectivity index (χ4n) is 3.26. The molecule has 4 aromatic rings. The van der Waals surface area contributed by atoms with Crippen LogP contribution in [-0.2, 0) is 6.61 Å². The molecule has 1 aromatic heterocycles. The highest BCUT2D eigenvalue weighted by atomic mass is 79.9. The van der Waals surface area contributed by atoms with Gasteiger partial charge in [0.1, 0.15) is 6.61 Å². The summed E-state index contributed by atoms with van der Waals surface area (Å²) in [7, 11) is 1.58. The molecule has 1 N–H and O–H groups in total. The van der Waals surface area contributed by atoms with Gasteiger partial charge in [0.15, 0.2) is 11.5 Å². The number of benzene rings is 3. The second-order valence-electron chi connectivity index (χ2n) is 7.11. The summed E-state index contributed by atoms with van der Waals surface area (Å²) in [5.74, 6) is 0.872. The largest absolute Gasteiger partial charge is 0.493 e. The van der Waals surface area contributed by atoms with Crippen molar-refractivity contribution >= 4 is 28.1 Å². The van der Waals surface area contributed by atoms with Gasteiger partial charge in [0.25, 0.3) is 5.91 Å². The number of hydrazone groups is 1. The van der Waals surface area contributed by atoms with Crippen molar-refractivity contribution in [3.63, 3.8) is 0 Å². The van der Waals surface area contributed by atoms with Crippen molar-refractivity contribution in [2.45, 2.75) is 6.61 Å². The predicted molar refractivity (Wildman–Crippen MR) is 132 cm³/mol. The SMILES string of the molecule is COc1cc(/C=N/NC(=O)c2ccccc2-n2cccc2)c(Br)cc1OCc1ccccc1. The molecule has 0 saturated carbocycles. The summed E-state index contributed by atoms with van der Waals surface area (Å²) in [6, 6.07) is 24.7. The lowest BCUT2D eigenvalue weighted by molar-refractivity contribution is 0.0955. The van der Waals surface area contributed by atoms with Crippen molar-refractivity contribution in [1.82, 2.24) is 9.99 Å². The summed E-state index contributed by atoms with van der Waals surface area (Å²) in [6.45, 7) is 0.425. The van der Waals surface area contributed by atoms with E-state index in [1.165, 1.54) is 0 Å². The zero-order chi connectivity index (χ0) is 23.0. The van der Waals surface area contributed by atoms with E-state index < -0.39 is 0 Å². The minimum atomic E-state index is -0.304. The quantitative estimate of drug-likeness (QED) is 0.251. The summed E-state index contributed by atoms with van der Waals surface area (Å²) in [6.07, 6.45) is 5.34. The molecule has 0 bridgehead atoms. The molecule has 6 nitrogen and oxygen atoms in total. The number of nitrogens with zero attached hydrogens (tertiary/aromatic N) is 2. The Morgan fingerprint density at radius 2 is 1.73 bits per heavy atom. The summed E-state index contributed by atoms with van der Waals surface area (Å²) >= 11 is 3.54. The monoisotopic (exact) mass is 503 g/mol. The summed E-state index contributed by atoms with van der Waals surface area (Å²) in [5.41, 5.74) is 5.69. The number of nitrogens with one attached hydrogen (secondary N) is 1. The maximum Gasteiger partial charge on any atom is 0.273 e. The third-order valence-corrected chi connectivity index (χ3v) is 5.61. The van der Waals surface area contributed by atoms with E-state index in [4.69, 9.17) is 9.47 Å². The van der Waals surface area contributed by atoms with E-state index >= 15 is 0 Å². The van der Waals surface area contributed by atoms with Crippen LogP contribution < -0.4 is 14.9 Å². The van der Waals surface area contributed by atoms with Gasteiger partial charge in [-0.3, -0.25) is 4.79 Å². The Bertz CT molecular complexity index is 1260. The van der Waals surface area contributed by atoms with Crippen molar-refractivity contribution in [2.24, 2.45) is 5.10 Å². The van der Waals surface area contributed by atoms with Crippen LogP contribution in [0.5, 0.6) is 11.5 Å². The smallest absolute Gasteiger partial charge is 0.273 e. The number of para-hydroxylation sites is 1. The Kier molecular flexibility index (Phi) is 7.22. The highest BCUT2D eigenvalue weighted by Gasteiger charge is 2.12. The predicted octanol–water partition coefficient (Wildman–Crippen LogP) is 5.59. The average molecular weight is 504 g/mol. The molecule has 1 amide bonds. The standard InChI is InChI=1S/C26H22BrN3O3/c1-32-24-15-20(22(27)16-25(24)33-18-19-9-3-2-4-10-19)17-28-29-26(31)21-11-5-6-12-23(21)30-13-7-8-14-30/h2-17H,18H2,1H3,(H,29,31)/b28-17+. The lowest BCUT2D eigenvalue weighted by Crippen LogP contribution is -2.19. The Labute approximate surface area is 200 Å². The number of methoxy groups -OCH3 is 1. The van der Waals surface area contributed by atoms with Gasteiger partial charge in [0.2, 0.25) is 0 Å². The van der Waals surface area contributed by atoms with Crippen LogP contribution >= 0.6 is 15.9 Å². The first kappa shape index (κ1) is 22.4. The second-order valence-corrected chi connectivity index (χ2v) is 7.96. The highest BCUT2D eigenvalue weighted by Crippen LogP contribution is 2.33. The first-order valence-electron chi connectivity index (χ1n) is 10.3. The maximum atomic E-state index is 12.7. The lowest BCUT2D eigenvalue weighted by Gasteiger charge is -2.13. The van der Waals surface area contributed by atoms with Crippen molar-refractivity contribution in [1.29, 1.82) is 0 Å². The average Bonchev–Trinajstić information content (AvgIpc) is 3.39. The number of carbonyl (C=O) groups excluding carboxylic acids is 1. The molecule has 0 aliphatic rings. The summed E-state index contributed by atoms with van der Waals surface area (Å²) < 4.78 is 14.1. The summed E-state index contributed by atoms with van der Waals surface area (Å²) in [4.78, 5) is 12.7. The highest BCUT2D eigenvalue weighted by molar-refractivity contribution is 9.10. The number of amides is 1. The molecule has 0 aliphatic heterocycles. The van der Waals surface area contributed by atoms with Crippen LogP contribution in [0, 0.1) is 0 Å². The van der Waals surface area contributed by atoms with Crippen LogP contribution in [0.25, 0.3) is 5.69 Å².